The third kappa shape index (κ3) is 4.67. The molecule has 32 heavy (non-hydrogen) atoms. The van der Waals surface area contributed by atoms with Crippen LogP contribution >= 0.6 is 0 Å². The van der Waals surface area contributed by atoms with Crippen molar-refractivity contribution in [2.45, 2.75) is 0 Å². The van der Waals surface area contributed by atoms with Gasteiger partial charge in [-0.25, -0.2) is 9.37 Å². The molecule has 8 nitrogen and oxygen atoms in total. The second-order valence-electron chi connectivity index (χ2n) is 7.43. The zero-order chi connectivity index (χ0) is 22.5. The molecular weight excluding hydrogens is 413 g/mol. The van der Waals surface area contributed by atoms with Crippen LogP contribution in [0.5, 0.6) is 11.5 Å². The first kappa shape index (κ1) is 21.6. The Morgan fingerprint density at radius 3 is 2.59 bits per heavy atom. The Morgan fingerprint density at radius 2 is 1.88 bits per heavy atom. The lowest BCUT2D eigenvalue weighted by atomic mass is 10.2. The lowest BCUT2D eigenvalue weighted by molar-refractivity contribution is -0.117. The van der Waals surface area contributed by atoms with Crippen LogP contribution < -0.4 is 19.7 Å². The number of anilines is 2. The van der Waals surface area contributed by atoms with Crippen molar-refractivity contribution in [2.75, 3.05) is 57.2 Å². The van der Waals surface area contributed by atoms with E-state index >= 15 is 0 Å². The second kappa shape index (κ2) is 9.69. The van der Waals surface area contributed by atoms with Gasteiger partial charge >= 0.3 is 0 Å². The van der Waals surface area contributed by atoms with E-state index in [1.807, 2.05) is 0 Å². The third-order valence-electron chi connectivity index (χ3n) is 5.44. The summed E-state index contributed by atoms with van der Waals surface area (Å²) in [6.07, 6.45) is 3.43. The molecule has 168 valence electrons. The molecule has 4 rings (SSSR count). The first-order valence-corrected chi connectivity index (χ1v) is 10.4. The molecule has 1 amide bonds. The van der Waals surface area contributed by atoms with E-state index < -0.39 is 0 Å². The molecule has 0 unspecified atom stereocenters. The summed E-state index contributed by atoms with van der Waals surface area (Å²) in [5.74, 6) is 1.49. The highest BCUT2D eigenvalue weighted by molar-refractivity contribution is 5.93. The Hall–Kier alpha value is -3.59. The van der Waals surface area contributed by atoms with Crippen LogP contribution in [0.1, 0.15) is 0 Å². The van der Waals surface area contributed by atoms with Gasteiger partial charge in [0, 0.05) is 44.6 Å². The van der Waals surface area contributed by atoms with E-state index in [9.17, 15) is 9.18 Å². The lowest BCUT2D eigenvalue weighted by Crippen LogP contribution is -2.49. The molecule has 0 aliphatic carbocycles. The SMILES string of the molecule is COc1ccc(NC(=O)CN2CCN(c3nccn3-c3ccccc3F)CC2)c(OC)c1. The molecule has 0 saturated carbocycles. The highest BCUT2D eigenvalue weighted by atomic mass is 19.1. The summed E-state index contributed by atoms with van der Waals surface area (Å²) >= 11 is 0. The summed E-state index contributed by atoms with van der Waals surface area (Å²) in [5.41, 5.74) is 1.07. The van der Waals surface area contributed by atoms with E-state index in [0.717, 1.165) is 0 Å². The summed E-state index contributed by atoms with van der Waals surface area (Å²) in [7, 11) is 3.13. The highest BCUT2D eigenvalue weighted by Crippen LogP contribution is 2.29. The number of benzene rings is 2. The number of nitrogens with zero attached hydrogens (tertiary/aromatic N) is 4. The van der Waals surface area contributed by atoms with Crippen LogP contribution in [-0.4, -0.2) is 67.3 Å². The van der Waals surface area contributed by atoms with Gasteiger partial charge in [0.1, 0.15) is 17.3 Å². The molecule has 1 aliphatic heterocycles. The Balaban J connectivity index is 1.35. The van der Waals surface area contributed by atoms with Crippen molar-refractivity contribution in [1.29, 1.82) is 0 Å². The van der Waals surface area contributed by atoms with E-state index in [1.165, 1.54) is 6.07 Å². The maximum absolute atomic E-state index is 14.2. The quantitative estimate of drug-likeness (QED) is 0.611. The minimum absolute atomic E-state index is 0.116. The van der Waals surface area contributed by atoms with Crippen molar-refractivity contribution >= 4 is 17.5 Å². The summed E-state index contributed by atoms with van der Waals surface area (Å²) < 4.78 is 26.5. The third-order valence-corrected chi connectivity index (χ3v) is 5.44. The molecule has 1 aliphatic rings. The molecule has 1 N–H and O–H groups in total. The molecule has 1 saturated heterocycles. The normalized spacial score (nSPS) is 14.3. The number of ether oxygens (including phenoxy) is 2. The topological polar surface area (TPSA) is 71.9 Å². The maximum atomic E-state index is 14.2. The standard InChI is InChI=1S/C23H26FN5O3/c1-31-17-7-8-19(21(15-17)32-2)26-22(30)16-27-11-13-28(14-12-27)23-25-9-10-29(23)20-6-4-3-5-18(20)24/h3-10,15H,11-14,16H2,1-2H3,(H,26,30). The van der Waals surface area contributed by atoms with Crippen LogP contribution in [0.4, 0.5) is 16.0 Å². The van der Waals surface area contributed by atoms with Crippen molar-refractivity contribution in [3.63, 3.8) is 0 Å². The van der Waals surface area contributed by atoms with Crippen molar-refractivity contribution in [3.8, 4) is 17.2 Å². The fraction of sp³-hybridized carbons (Fsp3) is 0.304. The Kier molecular flexibility index (Phi) is 6.55. The number of halogens is 1. The molecule has 0 spiro atoms. The summed E-state index contributed by atoms with van der Waals surface area (Å²) in [5, 5.41) is 2.90. The number of carbonyl (C=O) groups is 1. The second-order valence-corrected chi connectivity index (χ2v) is 7.43. The van der Waals surface area contributed by atoms with Crippen LogP contribution in [0.25, 0.3) is 5.69 Å². The minimum Gasteiger partial charge on any atom is -0.497 e. The minimum atomic E-state index is -0.295. The van der Waals surface area contributed by atoms with Crippen molar-refractivity contribution in [1.82, 2.24) is 14.5 Å². The van der Waals surface area contributed by atoms with Gasteiger partial charge in [-0.05, 0) is 24.3 Å². The zero-order valence-electron chi connectivity index (χ0n) is 18.1. The summed E-state index contributed by atoms with van der Waals surface area (Å²) in [4.78, 5) is 21.2. The van der Waals surface area contributed by atoms with Gasteiger partial charge in [-0.1, -0.05) is 12.1 Å². The Morgan fingerprint density at radius 1 is 1.09 bits per heavy atom. The number of hydrogen-bond donors (Lipinski definition) is 1. The highest BCUT2D eigenvalue weighted by Gasteiger charge is 2.23. The van der Waals surface area contributed by atoms with Crippen molar-refractivity contribution in [2.24, 2.45) is 0 Å². The number of hydrogen-bond acceptors (Lipinski definition) is 6. The summed E-state index contributed by atoms with van der Waals surface area (Å²) in [6, 6.07) is 11.9. The van der Waals surface area contributed by atoms with Crippen LogP contribution in [0.3, 0.4) is 0 Å². The number of carbonyl (C=O) groups excluding carboxylic acids is 1. The zero-order valence-corrected chi connectivity index (χ0v) is 18.1. The number of piperazine rings is 1. The van der Waals surface area contributed by atoms with E-state index in [0.29, 0.717) is 55.0 Å². The fourth-order valence-corrected chi connectivity index (χ4v) is 3.77. The Labute approximate surface area is 186 Å². The van der Waals surface area contributed by atoms with Gasteiger partial charge in [0.05, 0.1) is 32.1 Å². The molecular formula is C23H26FN5O3. The van der Waals surface area contributed by atoms with Crippen LogP contribution in [0.2, 0.25) is 0 Å². The molecule has 2 heterocycles. The number of rotatable bonds is 7. The number of methoxy groups -OCH3 is 2. The van der Waals surface area contributed by atoms with Crippen LogP contribution in [-0.2, 0) is 4.79 Å². The van der Waals surface area contributed by atoms with Crippen LogP contribution in [0, 0.1) is 5.82 Å². The van der Waals surface area contributed by atoms with Gasteiger partial charge in [-0.15, -0.1) is 0 Å². The average molecular weight is 439 g/mol. The maximum Gasteiger partial charge on any atom is 0.238 e. The van der Waals surface area contributed by atoms with Gasteiger partial charge in [-0.2, -0.15) is 0 Å². The lowest BCUT2D eigenvalue weighted by Gasteiger charge is -2.35. The largest absolute Gasteiger partial charge is 0.497 e. The average Bonchev–Trinajstić information content (AvgIpc) is 3.29. The predicted molar refractivity (Wildman–Crippen MR) is 120 cm³/mol. The molecule has 3 aromatic rings. The van der Waals surface area contributed by atoms with E-state index in [2.05, 4.69) is 20.1 Å². The Bertz CT molecular complexity index is 1080. The molecule has 1 fully saturated rings. The van der Waals surface area contributed by atoms with Crippen LogP contribution in [0.15, 0.2) is 54.9 Å². The van der Waals surface area contributed by atoms with Crippen molar-refractivity contribution in [3.05, 3.63) is 60.7 Å². The first-order valence-electron chi connectivity index (χ1n) is 10.4. The number of amides is 1. The molecule has 0 bridgehead atoms. The van der Waals surface area contributed by atoms with Gasteiger partial charge in [0.15, 0.2) is 0 Å². The number of nitrogens with one attached hydrogen (secondary N) is 1. The smallest absolute Gasteiger partial charge is 0.238 e. The van der Waals surface area contributed by atoms with Gasteiger partial charge in [-0.3, -0.25) is 14.3 Å². The predicted octanol–water partition coefficient (Wildman–Crippen LogP) is 2.79. The molecule has 2 aromatic carbocycles. The molecule has 9 heteroatoms. The van der Waals surface area contributed by atoms with E-state index in [-0.39, 0.29) is 18.3 Å². The molecule has 0 radical (unpaired) electrons. The van der Waals surface area contributed by atoms with Gasteiger partial charge in [0.2, 0.25) is 11.9 Å². The van der Waals surface area contributed by atoms with E-state index in [1.54, 1.807) is 67.6 Å². The van der Waals surface area contributed by atoms with Gasteiger partial charge in [0.25, 0.3) is 0 Å². The fourth-order valence-electron chi connectivity index (χ4n) is 3.77. The number of aromatic nitrogens is 2. The summed E-state index contributed by atoms with van der Waals surface area (Å²) in [6.45, 7) is 3.02. The first-order chi connectivity index (χ1) is 15.6. The molecule has 0 atom stereocenters. The molecule has 1 aromatic heterocycles. The monoisotopic (exact) mass is 439 g/mol. The van der Waals surface area contributed by atoms with E-state index in [4.69, 9.17) is 9.47 Å². The number of imidazole rings is 1. The van der Waals surface area contributed by atoms with Crippen molar-refractivity contribution < 1.29 is 18.7 Å². The number of para-hydroxylation sites is 1. The van der Waals surface area contributed by atoms with Gasteiger partial charge < -0.3 is 19.7 Å².